The fourth-order valence-electron chi connectivity index (χ4n) is 2.40. The summed E-state index contributed by atoms with van der Waals surface area (Å²) in [5.41, 5.74) is 1.02. The minimum Gasteiger partial charge on any atom is -0.492 e. The molecule has 3 heteroatoms. The number of carboxylic acids is 1. The first-order valence-electron chi connectivity index (χ1n) is 5.62. The summed E-state index contributed by atoms with van der Waals surface area (Å²) in [5.74, 6) is 0.0565. The average molecular weight is 228 g/mol. The van der Waals surface area contributed by atoms with Gasteiger partial charge >= 0.3 is 5.97 Å². The van der Waals surface area contributed by atoms with Gasteiger partial charge in [0, 0.05) is 16.9 Å². The molecule has 0 saturated carbocycles. The van der Waals surface area contributed by atoms with Crippen LogP contribution in [-0.2, 0) is 4.79 Å². The van der Waals surface area contributed by atoms with Gasteiger partial charge in [0.15, 0.2) is 0 Å². The number of rotatable bonds is 2. The minimum atomic E-state index is -0.778. The standard InChI is InChI=1S/C14H12O3/c15-13(16)7-10-8-17-14-11-4-2-1-3-9(11)5-6-12(10)14/h1-6,10H,7-8H2,(H,15,16)/t10-/m0/s1. The molecule has 17 heavy (non-hydrogen) atoms. The Morgan fingerprint density at radius 3 is 2.94 bits per heavy atom. The van der Waals surface area contributed by atoms with E-state index in [2.05, 4.69) is 0 Å². The van der Waals surface area contributed by atoms with Gasteiger partial charge in [-0.2, -0.15) is 0 Å². The predicted molar refractivity (Wildman–Crippen MR) is 64.4 cm³/mol. The normalized spacial score (nSPS) is 17.8. The van der Waals surface area contributed by atoms with Crippen molar-refractivity contribution in [2.75, 3.05) is 6.61 Å². The van der Waals surface area contributed by atoms with Crippen LogP contribution in [0.25, 0.3) is 10.8 Å². The van der Waals surface area contributed by atoms with E-state index in [1.165, 1.54) is 0 Å². The highest BCUT2D eigenvalue weighted by molar-refractivity contribution is 5.90. The first kappa shape index (κ1) is 10.1. The van der Waals surface area contributed by atoms with E-state index >= 15 is 0 Å². The van der Waals surface area contributed by atoms with Gasteiger partial charge in [-0.1, -0.05) is 36.4 Å². The number of hydrogen-bond acceptors (Lipinski definition) is 2. The van der Waals surface area contributed by atoms with Crippen molar-refractivity contribution < 1.29 is 14.6 Å². The van der Waals surface area contributed by atoms with E-state index in [0.717, 1.165) is 22.1 Å². The van der Waals surface area contributed by atoms with Crippen molar-refractivity contribution in [1.82, 2.24) is 0 Å². The van der Waals surface area contributed by atoms with Crippen LogP contribution in [0.15, 0.2) is 36.4 Å². The summed E-state index contributed by atoms with van der Waals surface area (Å²) < 4.78 is 5.66. The van der Waals surface area contributed by atoms with Crippen molar-refractivity contribution in [1.29, 1.82) is 0 Å². The maximum absolute atomic E-state index is 10.8. The van der Waals surface area contributed by atoms with Crippen LogP contribution in [0.4, 0.5) is 0 Å². The van der Waals surface area contributed by atoms with Gasteiger partial charge in [0.1, 0.15) is 5.75 Å². The van der Waals surface area contributed by atoms with Crippen molar-refractivity contribution in [3.05, 3.63) is 42.0 Å². The van der Waals surface area contributed by atoms with Crippen LogP contribution >= 0.6 is 0 Å². The fraction of sp³-hybridized carbons (Fsp3) is 0.214. The molecule has 0 amide bonds. The van der Waals surface area contributed by atoms with Crippen LogP contribution < -0.4 is 4.74 Å². The van der Waals surface area contributed by atoms with Gasteiger partial charge in [-0.05, 0) is 5.39 Å². The maximum atomic E-state index is 10.8. The molecule has 3 nitrogen and oxygen atoms in total. The second-order valence-corrected chi connectivity index (χ2v) is 4.31. The smallest absolute Gasteiger partial charge is 0.304 e. The molecule has 0 spiro atoms. The van der Waals surface area contributed by atoms with E-state index in [9.17, 15) is 4.79 Å². The highest BCUT2D eigenvalue weighted by atomic mass is 16.5. The molecule has 0 bridgehead atoms. The quantitative estimate of drug-likeness (QED) is 0.859. The molecule has 0 aliphatic carbocycles. The molecule has 2 aromatic carbocycles. The van der Waals surface area contributed by atoms with Crippen LogP contribution in [0, 0.1) is 0 Å². The van der Waals surface area contributed by atoms with Gasteiger partial charge < -0.3 is 9.84 Å². The highest BCUT2D eigenvalue weighted by Gasteiger charge is 2.27. The van der Waals surface area contributed by atoms with Crippen molar-refractivity contribution in [3.8, 4) is 5.75 Å². The van der Waals surface area contributed by atoms with Crippen molar-refractivity contribution in [2.45, 2.75) is 12.3 Å². The zero-order valence-corrected chi connectivity index (χ0v) is 9.22. The maximum Gasteiger partial charge on any atom is 0.304 e. The summed E-state index contributed by atoms with van der Waals surface area (Å²) in [6.07, 6.45) is 0.130. The molecule has 86 valence electrons. The molecule has 1 heterocycles. The Morgan fingerprint density at radius 2 is 2.12 bits per heavy atom. The zero-order valence-electron chi connectivity index (χ0n) is 9.22. The van der Waals surface area contributed by atoms with Gasteiger partial charge in [-0.25, -0.2) is 0 Å². The lowest BCUT2D eigenvalue weighted by molar-refractivity contribution is -0.137. The number of benzene rings is 2. The molecule has 2 aromatic rings. The lowest BCUT2D eigenvalue weighted by Crippen LogP contribution is -2.07. The Morgan fingerprint density at radius 1 is 1.29 bits per heavy atom. The largest absolute Gasteiger partial charge is 0.492 e. The third-order valence-electron chi connectivity index (χ3n) is 3.20. The molecule has 1 atom stereocenters. The van der Waals surface area contributed by atoms with Crippen LogP contribution in [0.2, 0.25) is 0 Å². The molecule has 0 radical (unpaired) electrons. The number of ether oxygens (including phenoxy) is 1. The van der Waals surface area contributed by atoms with Crippen molar-refractivity contribution >= 4 is 16.7 Å². The predicted octanol–water partition coefficient (Wildman–Crippen LogP) is 2.79. The summed E-state index contributed by atoms with van der Waals surface area (Å²) in [6.45, 7) is 0.468. The van der Waals surface area contributed by atoms with Gasteiger partial charge in [0.2, 0.25) is 0 Å². The Balaban J connectivity index is 2.11. The number of hydrogen-bond donors (Lipinski definition) is 1. The van der Waals surface area contributed by atoms with Crippen molar-refractivity contribution in [3.63, 3.8) is 0 Å². The van der Waals surface area contributed by atoms with Crippen LogP contribution in [-0.4, -0.2) is 17.7 Å². The Kier molecular flexibility index (Phi) is 2.25. The SMILES string of the molecule is O=C(O)C[C@H]1COc2c1ccc1ccccc21. The van der Waals surface area contributed by atoms with Gasteiger partial charge in [0.05, 0.1) is 13.0 Å². The van der Waals surface area contributed by atoms with Crippen LogP contribution in [0.3, 0.4) is 0 Å². The third-order valence-corrected chi connectivity index (χ3v) is 3.20. The molecule has 0 saturated heterocycles. The monoisotopic (exact) mass is 228 g/mol. The molecular weight excluding hydrogens is 216 g/mol. The minimum absolute atomic E-state index is 0.0212. The number of fused-ring (bicyclic) bond motifs is 3. The third kappa shape index (κ3) is 1.64. The summed E-state index contributed by atoms with van der Waals surface area (Å²) in [5, 5.41) is 11.1. The van der Waals surface area contributed by atoms with Gasteiger partial charge in [-0.15, -0.1) is 0 Å². The summed E-state index contributed by atoms with van der Waals surface area (Å²) in [7, 11) is 0. The summed E-state index contributed by atoms with van der Waals surface area (Å²) in [4.78, 5) is 10.8. The molecule has 1 N–H and O–H groups in total. The Bertz CT molecular complexity index is 589. The van der Waals surface area contributed by atoms with E-state index in [1.807, 2.05) is 36.4 Å². The number of carbonyl (C=O) groups is 1. The average Bonchev–Trinajstić information content (AvgIpc) is 2.72. The summed E-state index contributed by atoms with van der Waals surface area (Å²) >= 11 is 0. The Labute approximate surface area is 98.6 Å². The fourth-order valence-corrected chi connectivity index (χ4v) is 2.40. The van der Waals surface area contributed by atoms with E-state index in [1.54, 1.807) is 0 Å². The van der Waals surface area contributed by atoms with E-state index in [-0.39, 0.29) is 12.3 Å². The van der Waals surface area contributed by atoms with Crippen molar-refractivity contribution in [2.24, 2.45) is 0 Å². The topological polar surface area (TPSA) is 46.5 Å². The molecular formula is C14H12O3. The van der Waals surface area contributed by atoms with Crippen LogP contribution in [0.1, 0.15) is 17.9 Å². The second-order valence-electron chi connectivity index (χ2n) is 4.31. The Hall–Kier alpha value is -2.03. The number of carboxylic acid groups (broad SMARTS) is 1. The second kappa shape index (κ2) is 3.77. The molecule has 3 rings (SSSR count). The van der Waals surface area contributed by atoms with E-state index in [4.69, 9.17) is 9.84 Å². The zero-order chi connectivity index (χ0) is 11.8. The lowest BCUT2D eigenvalue weighted by atomic mass is 9.95. The van der Waals surface area contributed by atoms with E-state index in [0.29, 0.717) is 6.61 Å². The first-order chi connectivity index (χ1) is 8.25. The summed E-state index contributed by atoms with van der Waals surface area (Å²) in [6, 6.07) is 12.0. The van der Waals surface area contributed by atoms with Gasteiger partial charge in [0.25, 0.3) is 0 Å². The molecule has 1 aliphatic heterocycles. The molecule has 0 aromatic heterocycles. The lowest BCUT2D eigenvalue weighted by Gasteiger charge is -2.06. The molecule has 0 fully saturated rings. The number of aliphatic carboxylic acids is 1. The molecule has 0 unspecified atom stereocenters. The van der Waals surface area contributed by atoms with E-state index < -0.39 is 5.97 Å². The first-order valence-corrected chi connectivity index (χ1v) is 5.62. The highest BCUT2D eigenvalue weighted by Crippen LogP contribution is 2.40. The van der Waals surface area contributed by atoms with Crippen LogP contribution in [0.5, 0.6) is 5.75 Å². The van der Waals surface area contributed by atoms with Gasteiger partial charge in [-0.3, -0.25) is 4.79 Å². The molecule has 1 aliphatic rings.